The van der Waals surface area contributed by atoms with Crippen LogP contribution < -0.4 is 10.1 Å². The van der Waals surface area contributed by atoms with Crippen LogP contribution in [0.25, 0.3) is 0 Å². The molecule has 0 spiro atoms. The monoisotopic (exact) mass is 389 g/mol. The first-order chi connectivity index (χ1) is 11.2. The van der Waals surface area contributed by atoms with Gasteiger partial charge in [-0.3, -0.25) is 4.79 Å². The van der Waals surface area contributed by atoms with E-state index in [9.17, 15) is 4.79 Å². The third kappa shape index (κ3) is 4.84. The number of anilines is 1. The Balaban J connectivity index is 2.07. The molecule has 0 aliphatic rings. The van der Waals surface area contributed by atoms with Gasteiger partial charge in [-0.25, -0.2) is 0 Å². The van der Waals surface area contributed by atoms with E-state index in [0.717, 1.165) is 27.0 Å². The number of halogens is 1. The van der Waals surface area contributed by atoms with Crippen LogP contribution in [0, 0.1) is 13.8 Å². The third-order valence-electron chi connectivity index (χ3n) is 3.76. The molecule has 1 N–H and O–H groups in total. The van der Waals surface area contributed by atoms with E-state index in [1.54, 1.807) is 0 Å². The quantitative estimate of drug-likeness (QED) is 0.761. The van der Waals surface area contributed by atoms with Crippen LogP contribution in [0.2, 0.25) is 0 Å². The van der Waals surface area contributed by atoms with Gasteiger partial charge in [-0.15, -0.1) is 0 Å². The van der Waals surface area contributed by atoms with E-state index in [0.29, 0.717) is 0 Å². The molecule has 0 saturated carbocycles. The molecule has 3 nitrogen and oxygen atoms in total. The fourth-order valence-electron chi connectivity index (χ4n) is 2.50. The molecule has 0 fully saturated rings. The number of ether oxygens (including phenoxy) is 1. The second-order valence-corrected chi connectivity index (χ2v) is 7.96. The molecule has 1 amide bonds. The van der Waals surface area contributed by atoms with Crippen molar-refractivity contribution in [1.29, 1.82) is 0 Å². The molecule has 4 heteroatoms. The third-order valence-corrected chi connectivity index (χ3v) is 4.26. The van der Waals surface area contributed by atoms with Crippen LogP contribution in [0.15, 0.2) is 40.9 Å². The molecule has 0 radical (unpaired) electrons. The minimum absolute atomic E-state index is 0.0158. The highest BCUT2D eigenvalue weighted by Gasteiger charge is 2.20. The SMILES string of the molecule is Cc1ccc(NC(=O)COc2ccc(Br)cc2C(C)(C)C)c(C)c1. The Morgan fingerprint density at radius 2 is 1.83 bits per heavy atom. The lowest BCUT2D eigenvalue weighted by Crippen LogP contribution is -2.22. The Kier molecular flexibility index (Phi) is 5.70. The minimum atomic E-state index is -0.162. The lowest BCUT2D eigenvalue weighted by Gasteiger charge is -2.23. The molecule has 2 rings (SSSR count). The van der Waals surface area contributed by atoms with E-state index in [4.69, 9.17) is 4.74 Å². The van der Waals surface area contributed by atoms with Gasteiger partial charge >= 0.3 is 0 Å². The van der Waals surface area contributed by atoms with Gasteiger partial charge in [0.25, 0.3) is 5.91 Å². The highest BCUT2D eigenvalue weighted by Crippen LogP contribution is 2.33. The molecule has 2 aromatic rings. The van der Waals surface area contributed by atoms with Gasteiger partial charge in [-0.05, 0) is 49.1 Å². The van der Waals surface area contributed by atoms with E-state index in [1.165, 1.54) is 5.56 Å². The van der Waals surface area contributed by atoms with Crippen molar-refractivity contribution in [2.24, 2.45) is 0 Å². The fourth-order valence-corrected chi connectivity index (χ4v) is 2.86. The Morgan fingerprint density at radius 3 is 2.46 bits per heavy atom. The summed E-state index contributed by atoms with van der Waals surface area (Å²) >= 11 is 3.49. The summed E-state index contributed by atoms with van der Waals surface area (Å²) in [4.78, 5) is 12.2. The average Bonchev–Trinajstić information content (AvgIpc) is 2.48. The van der Waals surface area contributed by atoms with Gasteiger partial charge in [0.05, 0.1) is 0 Å². The zero-order chi connectivity index (χ0) is 17.9. The largest absolute Gasteiger partial charge is 0.483 e. The van der Waals surface area contributed by atoms with Crippen LogP contribution in [-0.2, 0) is 10.2 Å². The molecule has 2 aromatic carbocycles. The van der Waals surface area contributed by atoms with Crippen molar-refractivity contribution < 1.29 is 9.53 Å². The van der Waals surface area contributed by atoms with Crippen LogP contribution in [-0.4, -0.2) is 12.5 Å². The number of aryl methyl sites for hydroxylation is 2. The molecule has 0 aliphatic heterocycles. The van der Waals surface area contributed by atoms with Crippen molar-refractivity contribution in [1.82, 2.24) is 0 Å². The summed E-state index contributed by atoms with van der Waals surface area (Å²) in [5.41, 5.74) is 4.04. The number of amides is 1. The number of nitrogens with one attached hydrogen (secondary N) is 1. The Labute approximate surface area is 152 Å². The van der Waals surface area contributed by atoms with Gasteiger partial charge in [-0.2, -0.15) is 0 Å². The van der Waals surface area contributed by atoms with E-state index in [2.05, 4.69) is 42.0 Å². The molecule has 128 valence electrons. The molecule has 0 aliphatic carbocycles. The summed E-state index contributed by atoms with van der Waals surface area (Å²) in [7, 11) is 0. The standard InChI is InChI=1S/C20H24BrNO2/c1-13-6-8-17(14(2)10-13)22-19(23)12-24-18-9-7-15(21)11-16(18)20(3,4)5/h6-11H,12H2,1-5H3,(H,22,23). The predicted octanol–water partition coefficient (Wildman–Crippen LogP) is 5.38. The number of benzene rings is 2. The molecule has 0 saturated heterocycles. The van der Waals surface area contributed by atoms with Crippen molar-refractivity contribution in [3.8, 4) is 5.75 Å². The summed E-state index contributed by atoms with van der Waals surface area (Å²) in [6, 6.07) is 11.8. The Hall–Kier alpha value is -1.81. The fraction of sp³-hybridized carbons (Fsp3) is 0.350. The number of carbonyl (C=O) groups is 1. The molecule has 0 unspecified atom stereocenters. The van der Waals surface area contributed by atoms with Crippen molar-refractivity contribution in [3.05, 3.63) is 57.6 Å². The molecule has 0 heterocycles. The minimum Gasteiger partial charge on any atom is -0.483 e. The second kappa shape index (κ2) is 7.39. The molecule has 0 aromatic heterocycles. The predicted molar refractivity (Wildman–Crippen MR) is 103 cm³/mol. The van der Waals surface area contributed by atoms with E-state index >= 15 is 0 Å². The number of hydrogen-bond acceptors (Lipinski definition) is 2. The van der Waals surface area contributed by atoms with Crippen molar-refractivity contribution >= 4 is 27.5 Å². The zero-order valence-corrected chi connectivity index (χ0v) is 16.5. The molecule has 0 atom stereocenters. The average molecular weight is 390 g/mol. The van der Waals surface area contributed by atoms with Gasteiger partial charge in [0, 0.05) is 15.7 Å². The second-order valence-electron chi connectivity index (χ2n) is 7.05. The normalized spacial score (nSPS) is 11.2. The summed E-state index contributed by atoms with van der Waals surface area (Å²) in [6.45, 7) is 10.4. The van der Waals surface area contributed by atoms with Crippen molar-refractivity contribution in [2.75, 3.05) is 11.9 Å². The van der Waals surface area contributed by atoms with Crippen molar-refractivity contribution in [3.63, 3.8) is 0 Å². The lowest BCUT2D eigenvalue weighted by atomic mass is 9.86. The lowest BCUT2D eigenvalue weighted by molar-refractivity contribution is -0.118. The smallest absolute Gasteiger partial charge is 0.262 e. The molecule has 24 heavy (non-hydrogen) atoms. The maximum Gasteiger partial charge on any atom is 0.262 e. The summed E-state index contributed by atoms with van der Waals surface area (Å²) in [5, 5.41) is 2.90. The maximum absolute atomic E-state index is 12.2. The molecule has 0 bridgehead atoms. The summed E-state index contributed by atoms with van der Waals surface area (Å²) in [5.74, 6) is 0.575. The Bertz CT molecular complexity index is 748. The number of carbonyl (C=O) groups excluding carboxylic acids is 1. The first-order valence-electron chi connectivity index (χ1n) is 7.97. The summed E-state index contributed by atoms with van der Waals surface area (Å²) < 4.78 is 6.78. The van der Waals surface area contributed by atoms with Crippen LogP contribution in [0.1, 0.15) is 37.5 Å². The summed E-state index contributed by atoms with van der Waals surface area (Å²) in [6.07, 6.45) is 0. The van der Waals surface area contributed by atoms with Gasteiger partial charge < -0.3 is 10.1 Å². The molecular weight excluding hydrogens is 366 g/mol. The van der Waals surface area contributed by atoms with Gasteiger partial charge in [0.1, 0.15) is 5.75 Å². The van der Waals surface area contributed by atoms with E-state index < -0.39 is 0 Å². The van der Waals surface area contributed by atoms with Crippen LogP contribution in [0.4, 0.5) is 5.69 Å². The van der Waals surface area contributed by atoms with Gasteiger partial charge in [0.15, 0.2) is 6.61 Å². The van der Waals surface area contributed by atoms with Gasteiger partial charge in [-0.1, -0.05) is 54.4 Å². The zero-order valence-electron chi connectivity index (χ0n) is 14.9. The van der Waals surface area contributed by atoms with Crippen LogP contribution in [0.5, 0.6) is 5.75 Å². The topological polar surface area (TPSA) is 38.3 Å². The van der Waals surface area contributed by atoms with Crippen LogP contribution >= 0.6 is 15.9 Å². The number of rotatable bonds is 4. The Morgan fingerprint density at radius 1 is 1.12 bits per heavy atom. The van der Waals surface area contributed by atoms with Crippen LogP contribution in [0.3, 0.4) is 0 Å². The first kappa shape index (κ1) is 18.5. The van der Waals surface area contributed by atoms with Gasteiger partial charge in [0.2, 0.25) is 0 Å². The van der Waals surface area contributed by atoms with Crippen molar-refractivity contribution in [2.45, 2.75) is 40.0 Å². The molecular formula is C20H24BrNO2. The van der Waals surface area contributed by atoms with E-state index in [1.807, 2.05) is 50.2 Å². The highest BCUT2D eigenvalue weighted by molar-refractivity contribution is 9.10. The first-order valence-corrected chi connectivity index (χ1v) is 8.76. The number of hydrogen-bond donors (Lipinski definition) is 1. The maximum atomic E-state index is 12.2. The van der Waals surface area contributed by atoms with E-state index in [-0.39, 0.29) is 17.9 Å². The highest BCUT2D eigenvalue weighted by atomic mass is 79.9.